The van der Waals surface area contributed by atoms with Gasteiger partial charge in [0.2, 0.25) is 0 Å². The number of aryl methyl sites for hydroxylation is 1. The van der Waals surface area contributed by atoms with Crippen LogP contribution in [0.2, 0.25) is 0 Å². The van der Waals surface area contributed by atoms with Crippen molar-refractivity contribution in [1.29, 1.82) is 0 Å². The van der Waals surface area contributed by atoms with E-state index in [-0.39, 0.29) is 24.0 Å². The van der Waals surface area contributed by atoms with Crippen LogP contribution in [0.15, 0.2) is 17.1 Å². The molecule has 0 aromatic carbocycles. The van der Waals surface area contributed by atoms with E-state index < -0.39 is 17.2 Å². The number of hydrogen-bond donors (Lipinski definition) is 3. The summed E-state index contributed by atoms with van der Waals surface area (Å²) in [6.07, 6.45) is -0.421. The van der Waals surface area contributed by atoms with Crippen LogP contribution in [0.25, 0.3) is 0 Å². The van der Waals surface area contributed by atoms with Gasteiger partial charge in [0.15, 0.2) is 5.96 Å². The predicted octanol–water partition coefficient (Wildman–Crippen LogP) is 4.03. The lowest BCUT2D eigenvalue weighted by Crippen LogP contribution is -2.54. The van der Waals surface area contributed by atoms with Crippen molar-refractivity contribution in [3.63, 3.8) is 0 Å². The second kappa shape index (κ2) is 11.0. The van der Waals surface area contributed by atoms with Gasteiger partial charge in [-0.25, -0.2) is 9.79 Å². The standard InChI is InChI=1S/C18H32N4O2S.HI/c1-8-19-15(20-11-14-10-9-13(2)25-14)21-12-18(6,7)22-16(23)24-17(3,4)5;/h9-10H,8,11-12H2,1-7H3,(H,22,23)(H2,19,20,21);1H. The summed E-state index contributed by atoms with van der Waals surface area (Å²) in [5.74, 6) is 0.729. The fourth-order valence-corrected chi connectivity index (χ4v) is 2.81. The van der Waals surface area contributed by atoms with Crippen molar-refractivity contribution < 1.29 is 9.53 Å². The van der Waals surface area contributed by atoms with Gasteiger partial charge in [-0.2, -0.15) is 0 Å². The van der Waals surface area contributed by atoms with Crippen LogP contribution >= 0.6 is 35.3 Å². The van der Waals surface area contributed by atoms with Gasteiger partial charge in [0, 0.05) is 22.8 Å². The average Bonchev–Trinajstić information content (AvgIpc) is 2.85. The van der Waals surface area contributed by atoms with Crippen LogP contribution in [0.5, 0.6) is 0 Å². The number of halogens is 1. The van der Waals surface area contributed by atoms with E-state index in [9.17, 15) is 4.79 Å². The number of carbonyl (C=O) groups is 1. The van der Waals surface area contributed by atoms with Crippen LogP contribution in [-0.2, 0) is 11.3 Å². The molecule has 26 heavy (non-hydrogen) atoms. The Hall–Kier alpha value is -1.03. The number of carbonyl (C=O) groups excluding carboxylic acids is 1. The van der Waals surface area contributed by atoms with Gasteiger partial charge in [0.1, 0.15) is 5.60 Å². The molecule has 0 aliphatic rings. The molecule has 0 atom stereocenters. The van der Waals surface area contributed by atoms with Gasteiger partial charge in [-0.1, -0.05) is 0 Å². The van der Waals surface area contributed by atoms with Gasteiger partial charge in [-0.3, -0.25) is 0 Å². The highest BCUT2D eigenvalue weighted by Crippen LogP contribution is 2.15. The second-order valence-corrected chi connectivity index (χ2v) is 8.94. The third-order valence-corrected chi connectivity index (χ3v) is 4.06. The Morgan fingerprint density at radius 2 is 1.85 bits per heavy atom. The van der Waals surface area contributed by atoms with Gasteiger partial charge < -0.3 is 20.7 Å². The monoisotopic (exact) mass is 496 g/mol. The molecule has 1 aromatic heterocycles. The SMILES string of the molecule is CCNC(=NCc1ccc(C)s1)NCC(C)(C)NC(=O)OC(C)(C)C.I. The van der Waals surface area contributed by atoms with E-state index in [1.54, 1.807) is 11.3 Å². The lowest BCUT2D eigenvalue weighted by Gasteiger charge is -2.29. The van der Waals surface area contributed by atoms with Crippen LogP contribution in [0.4, 0.5) is 4.79 Å². The highest BCUT2D eigenvalue weighted by atomic mass is 127. The summed E-state index contributed by atoms with van der Waals surface area (Å²) in [6, 6.07) is 4.20. The van der Waals surface area contributed by atoms with Crippen molar-refractivity contribution in [2.45, 2.75) is 66.2 Å². The number of nitrogens with zero attached hydrogens (tertiary/aromatic N) is 1. The molecule has 0 radical (unpaired) electrons. The first-order chi connectivity index (χ1) is 11.5. The van der Waals surface area contributed by atoms with Gasteiger partial charge in [-0.05, 0) is 60.6 Å². The Kier molecular flexibility index (Phi) is 10.5. The molecular weight excluding hydrogens is 463 g/mol. The number of guanidine groups is 1. The first-order valence-electron chi connectivity index (χ1n) is 8.59. The van der Waals surface area contributed by atoms with Crippen molar-refractivity contribution >= 4 is 47.4 Å². The van der Waals surface area contributed by atoms with E-state index in [0.29, 0.717) is 13.1 Å². The Balaban J connectivity index is 0.00000625. The summed E-state index contributed by atoms with van der Waals surface area (Å²) in [4.78, 5) is 19.1. The van der Waals surface area contributed by atoms with E-state index in [4.69, 9.17) is 4.74 Å². The van der Waals surface area contributed by atoms with E-state index in [0.717, 1.165) is 12.5 Å². The Morgan fingerprint density at radius 3 is 2.35 bits per heavy atom. The third-order valence-electron chi connectivity index (χ3n) is 3.07. The number of aliphatic imine (C=N–C) groups is 1. The predicted molar refractivity (Wildman–Crippen MR) is 121 cm³/mol. The van der Waals surface area contributed by atoms with E-state index in [1.807, 2.05) is 41.5 Å². The molecule has 1 amide bonds. The second-order valence-electron chi connectivity index (χ2n) is 7.57. The number of alkyl carbamates (subject to hydrolysis) is 1. The number of ether oxygens (including phenoxy) is 1. The molecule has 0 fully saturated rings. The number of nitrogens with one attached hydrogen (secondary N) is 3. The lowest BCUT2D eigenvalue weighted by molar-refractivity contribution is 0.0474. The number of hydrogen-bond acceptors (Lipinski definition) is 4. The van der Waals surface area contributed by atoms with Crippen molar-refractivity contribution in [2.24, 2.45) is 4.99 Å². The van der Waals surface area contributed by atoms with Crippen LogP contribution in [-0.4, -0.2) is 36.3 Å². The zero-order valence-electron chi connectivity index (χ0n) is 16.9. The van der Waals surface area contributed by atoms with Crippen molar-refractivity contribution in [3.8, 4) is 0 Å². The maximum absolute atomic E-state index is 12.0. The fourth-order valence-electron chi connectivity index (χ4n) is 2.00. The van der Waals surface area contributed by atoms with Crippen molar-refractivity contribution in [1.82, 2.24) is 16.0 Å². The molecular formula is C18H33IN4O2S. The molecule has 0 aliphatic carbocycles. The number of thiophene rings is 1. The molecule has 0 bridgehead atoms. The van der Waals surface area contributed by atoms with Crippen molar-refractivity contribution in [2.75, 3.05) is 13.1 Å². The van der Waals surface area contributed by atoms with Crippen LogP contribution in [0.3, 0.4) is 0 Å². The molecule has 0 saturated heterocycles. The van der Waals surface area contributed by atoms with E-state index in [2.05, 4.69) is 40.0 Å². The molecule has 8 heteroatoms. The molecule has 0 spiro atoms. The van der Waals surface area contributed by atoms with Crippen LogP contribution in [0, 0.1) is 6.92 Å². The summed E-state index contributed by atoms with van der Waals surface area (Å²) in [5.41, 5.74) is -0.985. The number of amides is 1. The van der Waals surface area contributed by atoms with Crippen LogP contribution in [0.1, 0.15) is 51.3 Å². The summed E-state index contributed by atoms with van der Waals surface area (Å²) in [5, 5.41) is 9.39. The van der Waals surface area contributed by atoms with Crippen LogP contribution < -0.4 is 16.0 Å². The molecule has 0 aliphatic heterocycles. The highest BCUT2D eigenvalue weighted by molar-refractivity contribution is 14.0. The molecule has 0 unspecified atom stereocenters. The van der Waals surface area contributed by atoms with E-state index in [1.165, 1.54) is 9.75 Å². The third kappa shape index (κ3) is 10.8. The molecule has 1 rings (SSSR count). The maximum atomic E-state index is 12.0. The summed E-state index contributed by atoms with van der Waals surface area (Å²) >= 11 is 1.75. The maximum Gasteiger partial charge on any atom is 0.408 e. The minimum absolute atomic E-state index is 0. The zero-order chi connectivity index (χ0) is 19.1. The van der Waals surface area contributed by atoms with Crippen molar-refractivity contribution in [3.05, 3.63) is 21.9 Å². The fraction of sp³-hybridized carbons (Fsp3) is 0.667. The summed E-state index contributed by atoms with van der Waals surface area (Å²) < 4.78 is 5.31. The quantitative estimate of drug-likeness (QED) is 0.316. The first kappa shape index (κ1) is 25.0. The normalized spacial score (nSPS) is 12.2. The first-order valence-corrected chi connectivity index (χ1v) is 9.41. The van der Waals surface area contributed by atoms with E-state index >= 15 is 0 Å². The minimum atomic E-state index is -0.511. The largest absolute Gasteiger partial charge is 0.444 e. The summed E-state index contributed by atoms with van der Waals surface area (Å²) in [6.45, 7) is 15.5. The summed E-state index contributed by atoms with van der Waals surface area (Å²) in [7, 11) is 0. The lowest BCUT2D eigenvalue weighted by atomic mass is 10.1. The molecule has 3 N–H and O–H groups in total. The highest BCUT2D eigenvalue weighted by Gasteiger charge is 2.24. The Labute approximate surface area is 178 Å². The van der Waals surface area contributed by atoms with Gasteiger partial charge in [0.25, 0.3) is 0 Å². The van der Waals surface area contributed by atoms with Gasteiger partial charge >= 0.3 is 6.09 Å². The Morgan fingerprint density at radius 1 is 1.19 bits per heavy atom. The molecule has 1 heterocycles. The number of rotatable bonds is 6. The van der Waals surface area contributed by atoms with Gasteiger partial charge in [0.05, 0.1) is 12.1 Å². The zero-order valence-corrected chi connectivity index (χ0v) is 20.0. The smallest absolute Gasteiger partial charge is 0.408 e. The average molecular weight is 496 g/mol. The Bertz CT molecular complexity index is 594. The molecule has 6 nitrogen and oxygen atoms in total. The molecule has 150 valence electrons. The topological polar surface area (TPSA) is 74.8 Å². The molecule has 1 aromatic rings. The molecule has 0 saturated carbocycles. The van der Waals surface area contributed by atoms with Gasteiger partial charge in [-0.15, -0.1) is 35.3 Å². The minimum Gasteiger partial charge on any atom is -0.444 e.